The van der Waals surface area contributed by atoms with Crippen molar-refractivity contribution in [2.75, 3.05) is 13.2 Å². The van der Waals surface area contributed by atoms with Crippen LogP contribution in [0, 0.1) is 5.82 Å². The van der Waals surface area contributed by atoms with E-state index in [2.05, 4.69) is 5.32 Å². The Kier molecular flexibility index (Phi) is 4.94. The van der Waals surface area contributed by atoms with Crippen molar-refractivity contribution in [3.05, 3.63) is 60.4 Å². The molecule has 1 N–H and O–H groups in total. The van der Waals surface area contributed by atoms with E-state index >= 15 is 0 Å². The number of ether oxygens (including phenoxy) is 2. The Balaban J connectivity index is 1.69. The van der Waals surface area contributed by atoms with Crippen LogP contribution >= 0.6 is 0 Å². The van der Waals surface area contributed by atoms with Crippen LogP contribution in [0.15, 0.2) is 54.6 Å². The highest BCUT2D eigenvalue weighted by atomic mass is 19.1. The summed E-state index contributed by atoms with van der Waals surface area (Å²) in [7, 11) is 0. The van der Waals surface area contributed by atoms with E-state index in [4.69, 9.17) is 9.47 Å². The molecule has 0 unspecified atom stereocenters. The predicted molar refractivity (Wildman–Crippen MR) is 72.4 cm³/mol. The van der Waals surface area contributed by atoms with Gasteiger partial charge in [0, 0.05) is 0 Å². The molecule has 2 rings (SSSR count). The van der Waals surface area contributed by atoms with Crippen LogP contribution in [-0.2, 0) is 0 Å². The molecule has 1 amide bonds. The Hall–Kier alpha value is -2.56. The Morgan fingerprint density at radius 1 is 1.05 bits per heavy atom. The van der Waals surface area contributed by atoms with Gasteiger partial charge in [0.2, 0.25) is 0 Å². The molecule has 0 fully saturated rings. The van der Waals surface area contributed by atoms with E-state index in [1.165, 1.54) is 12.1 Å². The second-order valence-electron chi connectivity index (χ2n) is 3.91. The Morgan fingerprint density at radius 3 is 2.50 bits per heavy atom. The van der Waals surface area contributed by atoms with Gasteiger partial charge in [0.1, 0.15) is 12.4 Å². The molecule has 0 aliphatic heterocycles. The van der Waals surface area contributed by atoms with Crippen molar-refractivity contribution in [2.45, 2.75) is 0 Å². The largest absolute Gasteiger partial charge is 0.489 e. The van der Waals surface area contributed by atoms with Crippen LogP contribution in [0.4, 0.5) is 9.18 Å². The second-order valence-corrected chi connectivity index (χ2v) is 3.91. The van der Waals surface area contributed by atoms with E-state index in [9.17, 15) is 9.18 Å². The van der Waals surface area contributed by atoms with Crippen LogP contribution in [0.1, 0.15) is 0 Å². The van der Waals surface area contributed by atoms with Crippen molar-refractivity contribution >= 4 is 6.09 Å². The maximum Gasteiger partial charge on any atom is 0.412 e. The summed E-state index contributed by atoms with van der Waals surface area (Å²) in [6, 6.07) is 14.8. The first-order valence-electron chi connectivity index (χ1n) is 6.14. The van der Waals surface area contributed by atoms with Gasteiger partial charge in [-0.15, -0.1) is 0 Å². The summed E-state index contributed by atoms with van der Waals surface area (Å²) in [6.45, 7) is 0.380. The Morgan fingerprint density at radius 2 is 1.75 bits per heavy atom. The highest BCUT2D eigenvalue weighted by molar-refractivity contribution is 5.70. The number of amides is 1. The molecular weight excluding hydrogens is 261 g/mol. The number of hydrogen-bond acceptors (Lipinski definition) is 3. The van der Waals surface area contributed by atoms with Crippen molar-refractivity contribution in [3.8, 4) is 11.5 Å². The molecule has 0 saturated heterocycles. The standard InChI is InChI=1S/C15H14FNO3/c16-13-8-4-5-9-14(13)19-11-10-17-15(18)20-12-6-2-1-3-7-12/h1-9H,10-11H2,(H,17,18). The molecule has 104 valence electrons. The van der Waals surface area contributed by atoms with E-state index in [1.54, 1.807) is 36.4 Å². The van der Waals surface area contributed by atoms with Crippen molar-refractivity contribution in [3.63, 3.8) is 0 Å². The van der Waals surface area contributed by atoms with Crippen LogP contribution in [0.3, 0.4) is 0 Å². The van der Waals surface area contributed by atoms with Gasteiger partial charge in [0.05, 0.1) is 6.54 Å². The molecule has 5 heteroatoms. The lowest BCUT2D eigenvalue weighted by atomic mass is 10.3. The average Bonchev–Trinajstić information content (AvgIpc) is 2.46. The number of carbonyl (C=O) groups is 1. The lowest BCUT2D eigenvalue weighted by Gasteiger charge is -2.08. The van der Waals surface area contributed by atoms with E-state index in [-0.39, 0.29) is 18.9 Å². The van der Waals surface area contributed by atoms with Gasteiger partial charge >= 0.3 is 6.09 Å². The number of halogens is 1. The van der Waals surface area contributed by atoms with Crippen molar-refractivity contribution in [2.24, 2.45) is 0 Å². The quantitative estimate of drug-likeness (QED) is 0.853. The first kappa shape index (κ1) is 13.9. The summed E-state index contributed by atoms with van der Waals surface area (Å²) in [5, 5.41) is 2.51. The minimum atomic E-state index is -0.576. The third kappa shape index (κ3) is 4.28. The van der Waals surface area contributed by atoms with Gasteiger partial charge in [0.15, 0.2) is 11.6 Å². The molecule has 4 nitrogen and oxygen atoms in total. The number of para-hydroxylation sites is 2. The number of rotatable bonds is 5. The van der Waals surface area contributed by atoms with E-state index < -0.39 is 11.9 Å². The molecule has 0 aliphatic rings. The summed E-state index contributed by atoms with van der Waals surface area (Å²) in [5.41, 5.74) is 0. The molecule has 0 heterocycles. The fourth-order valence-corrected chi connectivity index (χ4v) is 1.51. The molecule has 0 aliphatic carbocycles. The zero-order chi connectivity index (χ0) is 14.2. The number of benzene rings is 2. The first-order valence-corrected chi connectivity index (χ1v) is 6.14. The maximum atomic E-state index is 13.2. The summed E-state index contributed by atoms with van der Waals surface area (Å²) < 4.78 is 23.4. The third-order valence-electron chi connectivity index (χ3n) is 2.42. The highest BCUT2D eigenvalue weighted by Crippen LogP contribution is 2.14. The number of nitrogens with one attached hydrogen (secondary N) is 1. The zero-order valence-electron chi connectivity index (χ0n) is 10.7. The van der Waals surface area contributed by atoms with Gasteiger partial charge in [0.25, 0.3) is 0 Å². The minimum Gasteiger partial charge on any atom is -0.489 e. The highest BCUT2D eigenvalue weighted by Gasteiger charge is 2.04. The van der Waals surface area contributed by atoms with Gasteiger partial charge in [-0.25, -0.2) is 9.18 Å². The van der Waals surface area contributed by atoms with Crippen LogP contribution in [-0.4, -0.2) is 19.2 Å². The Labute approximate surface area is 116 Å². The topological polar surface area (TPSA) is 47.6 Å². The third-order valence-corrected chi connectivity index (χ3v) is 2.42. The fourth-order valence-electron chi connectivity index (χ4n) is 1.51. The molecule has 20 heavy (non-hydrogen) atoms. The first-order chi connectivity index (χ1) is 9.75. The monoisotopic (exact) mass is 275 g/mol. The zero-order valence-corrected chi connectivity index (χ0v) is 10.7. The van der Waals surface area contributed by atoms with Gasteiger partial charge in [-0.05, 0) is 24.3 Å². The van der Waals surface area contributed by atoms with E-state index in [0.717, 1.165) is 0 Å². The summed E-state index contributed by atoms with van der Waals surface area (Å²) >= 11 is 0. The molecule has 0 bridgehead atoms. The second kappa shape index (κ2) is 7.13. The van der Waals surface area contributed by atoms with Gasteiger partial charge in [-0.3, -0.25) is 0 Å². The molecule has 0 aromatic heterocycles. The summed E-state index contributed by atoms with van der Waals surface area (Å²) in [4.78, 5) is 11.4. The van der Waals surface area contributed by atoms with Crippen molar-refractivity contribution in [1.82, 2.24) is 5.32 Å². The summed E-state index contributed by atoms with van der Waals surface area (Å²) in [6.07, 6.45) is -0.576. The van der Waals surface area contributed by atoms with E-state index in [1.807, 2.05) is 6.07 Å². The van der Waals surface area contributed by atoms with Gasteiger partial charge in [-0.1, -0.05) is 30.3 Å². The normalized spacial score (nSPS) is 9.85. The van der Waals surface area contributed by atoms with Crippen LogP contribution in [0.25, 0.3) is 0 Å². The van der Waals surface area contributed by atoms with E-state index in [0.29, 0.717) is 5.75 Å². The lowest BCUT2D eigenvalue weighted by molar-refractivity contribution is 0.196. The van der Waals surface area contributed by atoms with Gasteiger partial charge < -0.3 is 14.8 Å². The molecule has 2 aromatic rings. The van der Waals surface area contributed by atoms with Crippen LogP contribution in [0.5, 0.6) is 11.5 Å². The van der Waals surface area contributed by atoms with Crippen molar-refractivity contribution in [1.29, 1.82) is 0 Å². The number of carbonyl (C=O) groups excluding carboxylic acids is 1. The molecule has 0 spiro atoms. The number of hydrogen-bond donors (Lipinski definition) is 1. The molecule has 2 aromatic carbocycles. The average molecular weight is 275 g/mol. The maximum absolute atomic E-state index is 13.2. The minimum absolute atomic E-state index is 0.158. The molecule has 0 radical (unpaired) electrons. The molecule has 0 atom stereocenters. The van der Waals surface area contributed by atoms with Crippen LogP contribution < -0.4 is 14.8 Å². The SMILES string of the molecule is O=C(NCCOc1ccccc1F)Oc1ccccc1. The predicted octanol–water partition coefficient (Wildman–Crippen LogP) is 2.99. The van der Waals surface area contributed by atoms with Crippen LogP contribution in [0.2, 0.25) is 0 Å². The molecular formula is C15H14FNO3. The molecule has 0 saturated carbocycles. The summed E-state index contributed by atoms with van der Waals surface area (Å²) in [5.74, 6) is 0.185. The smallest absolute Gasteiger partial charge is 0.412 e. The Bertz CT molecular complexity index is 560. The van der Waals surface area contributed by atoms with Crippen molar-refractivity contribution < 1.29 is 18.7 Å². The lowest BCUT2D eigenvalue weighted by Crippen LogP contribution is -2.30. The van der Waals surface area contributed by atoms with Gasteiger partial charge in [-0.2, -0.15) is 0 Å². The fraction of sp³-hybridized carbons (Fsp3) is 0.133.